The summed E-state index contributed by atoms with van der Waals surface area (Å²) in [7, 11) is 1.69. The molecule has 0 aromatic carbocycles. The van der Waals surface area contributed by atoms with Crippen molar-refractivity contribution in [2.24, 2.45) is 0 Å². The van der Waals surface area contributed by atoms with Crippen LogP contribution >= 0.6 is 12.2 Å². The zero-order chi connectivity index (χ0) is 16.3. The van der Waals surface area contributed by atoms with Crippen molar-refractivity contribution in [3.05, 3.63) is 30.1 Å². The van der Waals surface area contributed by atoms with Crippen LogP contribution in [0.1, 0.15) is 5.56 Å². The maximum atomic E-state index is 5.55. The van der Waals surface area contributed by atoms with E-state index < -0.39 is 0 Å². The summed E-state index contributed by atoms with van der Waals surface area (Å²) >= 11 is 5.55. The first-order chi connectivity index (χ1) is 11.3. The van der Waals surface area contributed by atoms with Gasteiger partial charge in [0.1, 0.15) is 0 Å². The average Bonchev–Trinajstić information content (AvgIpc) is 2.60. The van der Waals surface area contributed by atoms with Gasteiger partial charge in [-0.05, 0) is 23.8 Å². The summed E-state index contributed by atoms with van der Waals surface area (Å²) in [6, 6.07) is 4.03. The molecule has 1 aromatic rings. The molecular weight excluding hydrogens is 312 g/mol. The average molecular weight is 338 g/mol. The van der Waals surface area contributed by atoms with Crippen molar-refractivity contribution < 1.29 is 9.47 Å². The van der Waals surface area contributed by atoms with Crippen LogP contribution < -0.4 is 5.32 Å². The Hall–Kier alpha value is -1.28. The number of thiocarbonyl (C=S) groups is 1. The number of morpholine rings is 1. The first-order valence-corrected chi connectivity index (χ1v) is 8.41. The third-order valence-electron chi connectivity index (χ3n) is 3.76. The molecule has 128 valence electrons. The van der Waals surface area contributed by atoms with Gasteiger partial charge >= 0.3 is 0 Å². The number of hydrogen-bond donors (Lipinski definition) is 1. The second-order valence-electron chi connectivity index (χ2n) is 5.46. The summed E-state index contributed by atoms with van der Waals surface area (Å²) in [5, 5.41) is 4.02. The third-order valence-corrected chi connectivity index (χ3v) is 4.16. The normalized spacial score (nSPS) is 15.3. The number of hydrogen-bond acceptors (Lipinski definition) is 5. The SMILES string of the molecule is COCCNC(=S)N(CCN1CCOCC1)Cc1cccnc1. The molecule has 1 aliphatic rings. The Bertz CT molecular complexity index is 455. The van der Waals surface area contributed by atoms with E-state index in [9.17, 15) is 0 Å². The predicted molar refractivity (Wildman–Crippen MR) is 94.4 cm³/mol. The van der Waals surface area contributed by atoms with E-state index in [1.165, 1.54) is 0 Å². The Kier molecular flexibility index (Phi) is 8.24. The fourth-order valence-electron chi connectivity index (χ4n) is 2.42. The molecule has 2 heterocycles. The Morgan fingerprint density at radius 1 is 1.48 bits per heavy atom. The molecule has 23 heavy (non-hydrogen) atoms. The van der Waals surface area contributed by atoms with Crippen molar-refractivity contribution in [2.75, 3.05) is 59.7 Å². The van der Waals surface area contributed by atoms with Crippen LogP contribution in [0.4, 0.5) is 0 Å². The lowest BCUT2D eigenvalue weighted by molar-refractivity contribution is 0.0357. The lowest BCUT2D eigenvalue weighted by atomic mass is 10.2. The van der Waals surface area contributed by atoms with Gasteiger partial charge in [0, 0.05) is 58.8 Å². The number of rotatable bonds is 8. The Labute approximate surface area is 143 Å². The molecule has 1 aliphatic heterocycles. The highest BCUT2D eigenvalue weighted by atomic mass is 32.1. The first-order valence-electron chi connectivity index (χ1n) is 8.00. The summed E-state index contributed by atoms with van der Waals surface area (Å²) in [6.45, 7) is 7.61. The summed E-state index contributed by atoms with van der Waals surface area (Å²) in [4.78, 5) is 8.79. The molecule has 0 spiro atoms. The summed E-state index contributed by atoms with van der Waals surface area (Å²) in [5.74, 6) is 0. The molecule has 0 amide bonds. The molecule has 1 aromatic heterocycles. The topological polar surface area (TPSA) is 49.9 Å². The van der Waals surface area contributed by atoms with E-state index in [2.05, 4.69) is 26.2 Å². The fraction of sp³-hybridized carbons (Fsp3) is 0.625. The zero-order valence-corrected chi connectivity index (χ0v) is 14.6. The minimum atomic E-state index is 0.643. The van der Waals surface area contributed by atoms with Crippen molar-refractivity contribution in [2.45, 2.75) is 6.54 Å². The second-order valence-corrected chi connectivity index (χ2v) is 5.85. The van der Waals surface area contributed by atoms with E-state index in [0.717, 1.165) is 63.2 Å². The van der Waals surface area contributed by atoms with Gasteiger partial charge < -0.3 is 19.7 Å². The van der Waals surface area contributed by atoms with Gasteiger partial charge in [-0.2, -0.15) is 0 Å². The lowest BCUT2D eigenvalue weighted by Crippen LogP contribution is -2.46. The molecular formula is C16H26N4O2S. The predicted octanol–water partition coefficient (Wildman–Crippen LogP) is 0.737. The molecule has 1 fully saturated rings. The van der Waals surface area contributed by atoms with Crippen molar-refractivity contribution >= 4 is 17.3 Å². The van der Waals surface area contributed by atoms with Crippen molar-refractivity contribution in [1.82, 2.24) is 20.1 Å². The first kappa shape index (κ1) is 18.1. The standard InChI is InChI=1S/C16H26N4O2S/c1-21-10-5-18-16(23)20(14-15-3-2-4-17-13-15)7-6-19-8-11-22-12-9-19/h2-4,13H,5-12,14H2,1H3,(H,18,23). The van der Waals surface area contributed by atoms with Crippen LogP contribution in [0.5, 0.6) is 0 Å². The van der Waals surface area contributed by atoms with Crippen LogP contribution in [0.3, 0.4) is 0 Å². The van der Waals surface area contributed by atoms with Crippen LogP contribution in [0.15, 0.2) is 24.5 Å². The fourth-order valence-corrected chi connectivity index (χ4v) is 2.68. The molecule has 1 saturated heterocycles. The molecule has 0 aliphatic carbocycles. The Morgan fingerprint density at radius 3 is 3.00 bits per heavy atom. The van der Waals surface area contributed by atoms with Gasteiger partial charge in [0.15, 0.2) is 5.11 Å². The van der Waals surface area contributed by atoms with Gasteiger partial charge in [-0.25, -0.2) is 0 Å². The van der Waals surface area contributed by atoms with Crippen molar-refractivity contribution in [3.63, 3.8) is 0 Å². The quantitative estimate of drug-likeness (QED) is 0.554. The maximum absolute atomic E-state index is 5.55. The van der Waals surface area contributed by atoms with Gasteiger partial charge in [-0.3, -0.25) is 9.88 Å². The molecule has 2 rings (SSSR count). The summed E-state index contributed by atoms with van der Waals surface area (Å²) in [6.07, 6.45) is 3.68. The Morgan fingerprint density at radius 2 is 2.30 bits per heavy atom. The number of nitrogens with zero attached hydrogens (tertiary/aromatic N) is 3. The van der Waals surface area contributed by atoms with Gasteiger partial charge in [-0.1, -0.05) is 6.07 Å². The summed E-state index contributed by atoms with van der Waals surface area (Å²) < 4.78 is 10.5. The number of methoxy groups -OCH3 is 1. The van der Waals surface area contributed by atoms with E-state index in [4.69, 9.17) is 21.7 Å². The highest BCUT2D eigenvalue weighted by molar-refractivity contribution is 7.80. The van der Waals surface area contributed by atoms with Gasteiger partial charge in [-0.15, -0.1) is 0 Å². The number of pyridine rings is 1. The molecule has 0 bridgehead atoms. The minimum Gasteiger partial charge on any atom is -0.383 e. The monoisotopic (exact) mass is 338 g/mol. The van der Waals surface area contributed by atoms with Gasteiger partial charge in [0.25, 0.3) is 0 Å². The molecule has 6 nitrogen and oxygen atoms in total. The van der Waals surface area contributed by atoms with Crippen molar-refractivity contribution in [1.29, 1.82) is 0 Å². The van der Waals surface area contributed by atoms with E-state index in [1.54, 1.807) is 13.3 Å². The zero-order valence-electron chi connectivity index (χ0n) is 13.7. The second kappa shape index (κ2) is 10.5. The number of ether oxygens (including phenoxy) is 2. The third kappa shape index (κ3) is 6.78. The molecule has 0 unspecified atom stereocenters. The Balaban J connectivity index is 1.88. The number of nitrogens with one attached hydrogen (secondary N) is 1. The van der Waals surface area contributed by atoms with E-state index in [-0.39, 0.29) is 0 Å². The highest BCUT2D eigenvalue weighted by Crippen LogP contribution is 2.05. The molecule has 7 heteroatoms. The van der Waals surface area contributed by atoms with Gasteiger partial charge in [0.2, 0.25) is 0 Å². The van der Waals surface area contributed by atoms with Crippen LogP contribution in [0.2, 0.25) is 0 Å². The smallest absolute Gasteiger partial charge is 0.169 e. The minimum absolute atomic E-state index is 0.643. The number of aromatic nitrogens is 1. The maximum Gasteiger partial charge on any atom is 0.169 e. The summed E-state index contributed by atoms with van der Waals surface area (Å²) in [5.41, 5.74) is 1.16. The van der Waals surface area contributed by atoms with Crippen molar-refractivity contribution in [3.8, 4) is 0 Å². The molecule has 1 N–H and O–H groups in total. The van der Waals surface area contributed by atoms with E-state index in [0.29, 0.717) is 6.61 Å². The van der Waals surface area contributed by atoms with Crippen LogP contribution in [0, 0.1) is 0 Å². The molecule has 0 saturated carbocycles. The van der Waals surface area contributed by atoms with Crippen LogP contribution in [-0.4, -0.2) is 79.6 Å². The van der Waals surface area contributed by atoms with Gasteiger partial charge in [0.05, 0.1) is 19.8 Å². The lowest BCUT2D eigenvalue weighted by Gasteiger charge is -2.31. The molecule has 0 radical (unpaired) electrons. The van der Waals surface area contributed by atoms with E-state index >= 15 is 0 Å². The largest absolute Gasteiger partial charge is 0.383 e. The molecule has 0 atom stereocenters. The van der Waals surface area contributed by atoms with Crippen LogP contribution in [0.25, 0.3) is 0 Å². The van der Waals surface area contributed by atoms with Crippen LogP contribution in [-0.2, 0) is 16.0 Å². The van der Waals surface area contributed by atoms with E-state index in [1.807, 2.05) is 12.3 Å². The highest BCUT2D eigenvalue weighted by Gasteiger charge is 2.14.